The van der Waals surface area contributed by atoms with Gasteiger partial charge in [-0.1, -0.05) is 63.5 Å². The third kappa shape index (κ3) is 12.0. The molecular weight excluding hydrogens is 716 g/mol. The highest BCUT2D eigenvalue weighted by molar-refractivity contribution is 6.18. The van der Waals surface area contributed by atoms with E-state index >= 15 is 0 Å². The smallest absolute Gasteiger partial charge is 0.345 e. The molecule has 4 bridgehead atoms. The molecule has 0 amide bonds. The van der Waals surface area contributed by atoms with Gasteiger partial charge in [0.05, 0.1) is 11.4 Å². The molecule has 3 aliphatic heterocycles. The van der Waals surface area contributed by atoms with Crippen LogP contribution in [0.15, 0.2) is 95.8 Å². The van der Waals surface area contributed by atoms with Crippen molar-refractivity contribution in [3.63, 3.8) is 0 Å². The highest BCUT2D eigenvalue weighted by atomic mass is 16.7. The van der Waals surface area contributed by atoms with Crippen molar-refractivity contribution in [3.8, 4) is 0 Å². The van der Waals surface area contributed by atoms with Gasteiger partial charge < -0.3 is 28.4 Å². The molecule has 2 atom stereocenters. The first-order valence-electron chi connectivity index (χ1n) is 19.8. The minimum absolute atomic E-state index is 0.0693. The molecule has 12 heteroatoms. The maximum atomic E-state index is 13.6. The molecule has 2 unspecified atom stereocenters. The van der Waals surface area contributed by atoms with E-state index in [4.69, 9.17) is 28.4 Å². The van der Waals surface area contributed by atoms with Crippen LogP contribution in [0.5, 0.6) is 0 Å². The molecule has 300 valence electrons. The summed E-state index contributed by atoms with van der Waals surface area (Å²) in [5.74, 6) is -4.07. The van der Waals surface area contributed by atoms with E-state index in [9.17, 15) is 19.2 Å². The Morgan fingerprint density at radius 2 is 0.982 bits per heavy atom. The van der Waals surface area contributed by atoms with Crippen LogP contribution in [0.2, 0.25) is 0 Å². The molecular formula is C44H54N2O10. The number of aromatic nitrogens is 2. The second-order valence-corrected chi connectivity index (χ2v) is 14.3. The number of carbonyl (C=O) groups excluding carboxylic acids is 4. The van der Waals surface area contributed by atoms with E-state index < -0.39 is 23.5 Å². The SMILES string of the molecule is COC12C=C/C(=C(/C(=O)OCc3ccccn3)C(=O)CCCCCCCCC3(OC)C=C/C(=C(/C(=O)OCc4ccccn4)C(=O)CCCCCCCC1)O3)O2. The zero-order chi connectivity index (χ0) is 39.6. The monoisotopic (exact) mass is 770 g/mol. The zero-order valence-electron chi connectivity index (χ0n) is 32.6. The molecule has 0 aromatic carbocycles. The number of hydrogen-bond acceptors (Lipinski definition) is 12. The molecule has 0 N–H and O–H groups in total. The van der Waals surface area contributed by atoms with Crippen molar-refractivity contribution in [3.05, 3.63) is 107 Å². The van der Waals surface area contributed by atoms with Gasteiger partial charge in [-0.3, -0.25) is 19.6 Å². The Morgan fingerprint density at radius 3 is 1.36 bits per heavy atom. The fourth-order valence-electron chi connectivity index (χ4n) is 6.95. The van der Waals surface area contributed by atoms with Crippen LogP contribution < -0.4 is 0 Å². The van der Waals surface area contributed by atoms with Crippen LogP contribution in [0.25, 0.3) is 0 Å². The number of pyridine rings is 2. The molecule has 0 saturated carbocycles. The number of Topliss-reactive ketones (excluding diaryl/α,β-unsaturated/α-hetero) is 2. The molecule has 0 radical (unpaired) electrons. The second kappa shape index (κ2) is 21.4. The van der Waals surface area contributed by atoms with Crippen LogP contribution in [0.3, 0.4) is 0 Å². The molecule has 56 heavy (non-hydrogen) atoms. The van der Waals surface area contributed by atoms with Gasteiger partial charge in [0.1, 0.15) is 35.9 Å². The predicted molar refractivity (Wildman–Crippen MR) is 206 cm³/mol. The Balaban J connectivity index is 1.25. The summed E-state index contributed by atoms with van der Waals surface area (Å²) < 4.78 is 35.2. The average Bonchev–Trinajstić information content (AvgIpc) is 3.84. The summed E-state index contributed by atoms with van der Waals surface area (Å²) in [4.78, 5) is 62.5. The number of rotatable bonds is 8. The summed E-state index contributed by atoms with van der Waals surface area (Å²) in [5.41, 5.74) is 0.918. The molecule has 2 aromatic rings. The van der Waals surface area contributed by atoms with Gasteiger partial charge in [-0.15, -0.1) is 0 Å². The maximum absolute atomic E-state index is 13.6. The molecule has 3 aliphatic rings. The summed E-state index contributed by atoms with van der Waals surface area (Å²) in [6.45, 7) is -0.139. The van der Waals surface area contributed by atoms with Gasteiger partial charge in [0, 0.05) is 52.3 Å². The predicted octanol–water partition coefficient (Wildman–Crippen LogP) is 8.02. The Bertz CT molecular complexity index is 1640. The highest BCUT2D eigenvalue weighted by Crippen LogP contribution is 2.36. The fraction of sp³-hybridized carbons (Fsp3) is 0.500. The van der Waals surface area contributed by atoms with Crippen molar-refractivity contribution in [2.45, 2.75) is 128 Å². The standard InChI is InChI=1S/C44H54N2O10/c1-51-43-25-15-9-5-3-7-12-22-36(48)40(42(50)54-32-34-20-14-18-30-46-34)38-24-28-44(52-2,56-38)26-16-10-6-4-8-11-21-35(47)39(37(55-43)23-27-43)41(49)53-31-33-19-13-17-29-45-33/h13-14,17-20,23-24,27-30H,3-12,15-16,21-22,25-26,31-32H2,1-2H3/b39-37-,40-38-. The lowest BCUT2D eigenvalue weighted by molar-refractivity contribution is -0.159. The normalized spacial score (nSPS) is 26.0. The van der Waals surface area contributed by atoms with E-state index in [1.165, 1.54) is 0 Å². The van der Waals surface area contributed by atoms with Crippen molar-refractivity contribution in [1.82, 2.24) is 9.97 Å². The quantitative estimate of drug-likeness (QED) is 0.189. The Labute approximate surface area is 329 Å². The summed E-state index contributed by atoms with van der Waals surface area (Å²) in [7, 11) is 3.09. The van der Waals surface area contributed by atoms with Crippen molar-refractivity contribution in [2.24, 2.45) is 0 Å². The number of hydrogen-bond donors (Lipinski definition) is 0. The molecule has 5 heterocycles. The van der Waals surface area contributed by atoms with Gasteiger partial charge in [-0.05, 0) is 74.3 Å². The zero-order valence-corrected chi connectivity index (χ0v) is 32.6. The van der Waals surface area contributed by atoms with Crippen molar-refractivity contribution in [2.75, 3.05) is 14.2 Å². The Hall–Kier alpha value is -4.94. The summed E-state index contributed by atoms with van der Waals surface area (Å²) in [6, 6.07) is 10.7. The minimum atomic E-state index is -1.11. The molecule has 5 rings (SSSR count). The van der Waals surface area contributed by atoms with E-state index in [0.29, 0.717) is 37.1 Å². The number of ketones is 2. The van der Waals surface area contributed by atoms with Crippen molar-refractivity contribution >= 4 is 23.5 Å². The van der Waals surface area contributed by atoms with Gasteiger partial charge in [0.25, 0.3) is 0 Å². The molecule has 0 fully saturated rings. The van der Waals surface area contributed by atoms with E-state index in [0.717, 1.165) is 64.2 Å². The molecule has 0 saturated heterocycles. The van der Waals surface area contributed by atoms with Gasteiger partial charge in [-0.2, -0.15) is 0 Å². The fourth-order valence-corrected chi connectivity index (χ4v) is 6.95. The van der Waals surface area contributed by atoms with Crippen molar-refractivity contribution < 1.29 is 47.6 Å². The first-order chi connectivity index (χ1) is 27.3. The average molecular weight is 771 g/mol. The minimum Gasteiger partial charge on any atom is -0.458 e. The Morgan fingerprint density at radius 1 is 0.589 bits per heavy atom. The number of nitrogens with zero attached hydrogens (tertiary/aromatic N) is 2. The lowest BCUT2D eigenvalue weighted by Gasteiger charge is -2.27. The van der Waals surface area contributed by atoms with Crippen LogP contribution in [0.1, 0.15) is 114 Å². The summed E-state index contributed by atoms with van der Waals surface area (Å²) in [5, 5.41) is 0. The summed E-state index contributed by atoms with van der Waals surface area (Å²) in [6.07, 6.45) is 21.0. The first-order valence-corrected chi connectivity index (χ1v) is 19.8. The van der Waals surface area contributed by atoms with Gasteiger partial charge >= 0.3 is 11.9 Å². The molecule has 2 aromatic heterocycles. The van der Waals surface area contributed by atoms with Gasteiger partial charge in [0.2, 0.25) is 11.6 Å². The lowest BCUT2D eigenvalue weighted by Crippen LogP contribution is -2.30. The summed E-state index contributed by atoms with van der Waals surface area (Å²) >= 11 is 0. The number of carbonyl (C=O) groups is 4. The first kappa shape index (κ1) is 42.2. The Kier molecular flexibility index (Phi) is 16.1. The van der Waals surface area contributed by atoms with Crippen LogP contribution in [0.4, 0.5) is 0 Å². The van der Waals surface area contributed by atoms with Crippen LogP contribution in [-0.2, 0) is 60.8 Å². The van der Waals surface area contributed by atoms with Crippen LogP contribution in [-0.4, -0.2) is 59.3 Å². The van der Waals surface area contributed by atoms with Gasteiger partial charge in [0.15, 0.2) is 11.6 Å². The number of fused-ring (bicyclic) bond motifs is 4. The third-order valence-electron chi connectivity index (χ3n) is 10.2. The highest BCUT2D eigenvalue weighted by Gasteiger charge is 2.39. The lowest BCUT2D eigenvalue weighted by atomic mass is 10.0. The van der Waals surface area contributed by atoms with Crippen molar-refractivity contribution in [1.29, 1.82) is 0 Å². The number of ether oxygens (including phenoxy) is 6. The van der Waals surface area contributed by atoms with Gasteiger partial charge in [-0.25, -0.2) is 9.59 Å². The van der Waals surface area contributed by atoms with E-state index in [2.05, 4.69) is 9.97 Å². The van der Waals surface area contributed by atoms with E-state index in [-0.39, 0.29) is 60.3 Å². The number of allylic oxidation sites excluding steroid dienone is 2. The van der Waals surface area contributed by atoms with Crippen LogP contribution >= 0.6 is 0 Å². The van der Waals surface area contributed by atoms with E-state index in [1.807, 2.05) is 0 Å². The topological polar surface area (TPSA) is 149 Å². The second-order valence-electron chi connectivity index (χ2n) is 14.3. The molecule has 12 nitrogen and oxygen atoms in total. The molecule has 0 spiro atoms. The maximum Gasteiger partial charge on any atom is 0.345 e. The van der Waals surface area contributed by atoms with Crippen LogP contribution in [0, 0.1) is 0 Å². The largest absolute Gasteiger partial charge is 0.458 e. The molecule has 0 aliphatic carbocycles. The third-order valence-corrected chi connectivity index (χ3v) is 10.2. The number of methoxy groups -OCH3 is 2. The van der Waals surface area contributed by atoms with E-state index in [1.54, 1.807) is 87.3 Å². The number of esters is 2.